The van der Waals surface area contributed by atoms with E-state index in [0.29, 0.717) is 38.5 Å². The molecule has 3 rings (SSSR count). The molecule has 2 aromatic heterocycles. The number of hydrogen-bond acceptors (Lipinski definition) is 4. The number of methoxy groups -OCH3 is 1. The van der Waals surface area contributed by atoms with Gasteiger partial charge in [0.2, 0.25) is 0 Å². The molecular weight excluding hydrogens is 427 g/mol. The van der Waals surface area contributed by atoms with Crippen molar-refractivity contribution < 1.29 is 23.1 Å². The third-order valence-corrected chi connectivity index (χ3v) is 4.98. The summed E-state index contributed by atoms with van der Waals surface area (Å²) in [5.41, 5.74) is 1.03. The standard InChI is InChI=1S/C24H29FN4O4/c1-3-13-29(24(31)27-21-9-5-4-8-20(21)25)16-18-7-6-14-28(18)17-19-10-11-22(33-19)23(30)26-12-15-32-2/h4-11,14H,3,12-13,15-17H2,1-2H3,(H,26,30)(H,27,31). The molecule has 0 atom stereocenters. The smallest absolute Gasteiger partial charge is 0.322 e. The van der Waals surface area contributed by atoms with Gasteiger partial charge in [0.05, 0.1) is 25.4 Å². The zero-order valence-corrected chi connectivity index (χ0v) is 18.8. The van der Waals surface area contributed by atoms with Gasteiger partial charge < -0.3 is 29.3 Å². The Labute approximate surface area is 192 Å². The lowest BCUT2D eigenvalue weighted by molar-refractivity contribution is 0.0907. The minimum Gasteiger partial charge on any atom is -0.454 e. The number of urea groups is 1. The number of nitrogens with one attached hydrogen (secondary N) is 2. The fourth-order valence-electron chi connectivity index (χ4n) is 3.33. The molecule has 3 aromatic rings. The van der Waals surface area contributed by atoms with E-state index >= 15 is 0 Å². The summed E-state index contributed by atoms with van der Waals surface area (Å²) in [7, 11) is 1.57. The Morgan fingerprint density at radius 2 is 1.97 bits per heavy atom. The molecule has 0 saturated carbocycles. The second kappa shape index (κ2) is 11.9. The zero-order valence-electron chi connectivity index (χ0n) is 18.8. The van der Waals surface area contributed by atoms with Crippen LogP contribution in [0, 0.1) is 5.82 Å². The number of nitrogens with zero attached hydrogens (tertiary/aromatic N) is 2. The third-order valence-electron chi connectivity index (χ3n) is 4.98. The highest BCUT2D eigenvalue weighted by Crippen LogP contribution is 2.16. The van der Waals surface area contributed by atoms with Crippen molar-refractivity contribution in [3.8, 4) is 0 Å². The normalized spacial score (nSPS) is 10.8. The first kappa shape index (κ1) is 24.1. The van der Waals surface area contributed by atoms with E-state index in [1.807, 2.05) is 29.8 Å². The maximum atomic E-state index is 13.9. The molecule has 9 heteroatoms. The van der Waals surface area contributed by atoms with Gasteiger partial charge in [-0.15, -0.1) is 0 Å². The number of anilines is 1. The number of carbonyl (C=O) groups is 2. The van der Waals surface area contributed by atoms with Crippen molar-refractivity contribution in [3.63, 3.8) is 0 Å². The van der Waals surface area contributed by atoms with Gasteiger partial charge in [0.15, 0.2) is 5.76 Å². The van der Waals surface area contributed by atoms with Crippen molar-refractivity contribution in [2.45, 2.75) is 26.4 Å². The van der Waals surface area contributed by atoms with Crippen LogP contribution in [-0.2, 0) is 17.8 Å². The summed E-state index contributed by atoms with van der Waals surface area (Å²) in [5, 5.41) is 5.36. The van der Waals surface area contributed by atoms with Crippen molar-refractivity contribution in [3.05, 3.63) is 77.8 Å². The predicted molar refractivity (Wildman–Crippen MR) is 123 cm³/mol. The van der Waals surface area contributed by atoms with E-state index in [-0.39, 0.29) is 23.4 Å². The topological polar surface area (TPSA) is 88.7 Å². The second-order valence-corrected chi connectivity index (χ2v) is 7.47. The molecule has 0 aliphatic carbocycles. The van der Waals surface area contributed by atoms with Crippen LogP contribution in [0.4, 0.5) is 14.9 Å². The average molecular weight is 457 g/mol. The molecule has 0 aliphatic rings. The van der Waals surface area contributed by atoms with E-state index < -0.39 is 5.82 Å². The molecule has 8 nitrogen and oxygen atoms in total. The number of para-hydroxylation sites is 1. The molecule has 0 bridgehead atoms. The van der Waals surface area contributed by atoms with Crippen LogP contribution in [0.1, 0.15) is 35.4 Å². The molecule has 176 valence electrons. The minimum atomic E-state index is -0.481. The van der Waals surface area contributed by atoms with Crippen molar-refractivity contribution in [2.24, 2.45) is 0 Å². The Hall–Kier alpha value is -3.59. The van der Waals surface area contributed by atoms with Crippen LogP contribution >= 0.6 is 0 Å². The molecule has 0 saturated heterocycles. The minimum absolute atomic E-state index is 0.144. The van der Waals surface area contributed by atoms with Gasteiger partial charge in [-0.3, -0.25) is 4.79 Å². The molecule has 0 radical (unpaired) electrons. The number of benzene rings is 1. The van der Waals surface area contributed by atoms with Gasteiger partial charge in [-0.25, -0.2) is 9.18 Å². The van der Waals surface area contributed by atoms with Gasteiger partial charge in [0, 0.05) is 32.1 Å². The summed E-state index contributed by atoms with van der Waals surface area (Å²) in [6.07, 6.45) is 2.64. The lowest BCUT2D eigenvalue weighted by Crippen LogP contribution is -2.36. The largest absolute Gasteiger partial charge is 0.454 e. The van der Waals surface area contributed by atoms with Gasteiger partial charge in [0.1, 0.15) is 11.6 Å². The second-order valence-electron chi connectivity index (χ2n) is 7.47. The highest BCUT2D eigenvalue weighted by molar-refractivity contribution is 5.91. The first-order valence-electron chi connectivity index (χ1n) is 10.8. The van der Waals surface area contributed by atoms with Crippen LogP contribution in [0.15, 0.2) is 59.1 Å². The molecule has 0 spiro atoms. The molecule has 0 fully saturated rings. The number of hydrogen-bond donors (Lipinski definition) is 2. The lowest BCUT2D eigenvalue weighted by atomic mass is 10.3. The van der Waals surface area contributed by atoms with Crippen LogP contribution in [0.2, 0.25) is 0 Å². The van der Waals surface area contributed by atoms with E-state index in [4.69, 9.17) is 9.15 Å². The van der Waals surface area contributed by atoms with E-state index in [2.05, 4.69) is 10.6 Å². The van der Waals surface area contributed by atoms with Gasteiger partial charge in [0.25, 0.3) is 5.91 Å². The van der Waals surface area contributed by atoms with Crippen molar-refractivity contribution in [1.29, 1.82) is 0 Å². The maximum absolute atomic E-state index is 13.9. The molecular formula is C24H29FN4O4. The summed E-state index contributed by atoms with van der Waals surface area (Å²) >= 11 is 0. The Bertz CT molecular complexity index is 1060. The van der Waals surface area contributed by atoms with E-state index in [1.54, 1.807) is 36.3 Å². The first-order chi connectivity index (χ1) is 16.0. The van der Waals surface area contributed by atoms with E-state index in [9.17, 15) is 14.0 Å². The number of halogens is 1. The highest BCUT2D eigenvalue weighted by atomic mass is 19.1. The highest BCUT2D eigenvalue weighted by Gasteiger charge is 2.17. The summed E-state index contributed by atoms with van der Waals surface area (Å²) in [5.74, 6) is 0.0596. The zero-order chi connectivity index (χ0) is 23.6. The molecule has 0 unspecified atom stereocenters. The quantitative estimate of drug-likeness (QED) is 0.426. The van der Waals surface area contributed by atoms with Gasteiger partial charge in [-0.2, -0.15) is 0 Å². The number of rotatable bonds is 11. The third kappa shape index (κ3) is 6.69. The summed E-state index contributed by atoms with van der Waals surface area (Å²) in [6, 6.07) is 12.9. The predicted octanol–water partition coefficient (Wildman–Crippen LogP) is 4.09. The first-order valence-corrected chi connectivity index (χ1v) is 10.8. The van der Waals surface area contributed by atoms with Crippen LogP contribution < -0.4 is 10.6 Å². The Morgan fingerprint density at radius 3 is 2.73 bits per heavy atom. The molecule has 3 amide bonds. The van der Waals surface area contributed by atoms with Crippen LogP contribution in [0.25, 0.3) is 0 Å². The molecule has 33 heavy (non-hydrogen) atoms. The van der Waals surface area contributed by atoms with Crippen molar-refractivity contribution in [2.75, 3.05) is 32.1 Å². The number of ether oxygens (including phenoxy) is 1. The Morgan fingerprint density at radius 1 is 1.15 bits per heavy atom. The lowest BCUT2D eigenvalue weighted by Gasteiger charge is -2.23. The Balaban J connectivity index is 1.65. The molecule has 2 heterocycles. The monoisotopic (exact) mass is 456 g/mol. The van der Waals surface area contributed by atoms with Crippen LogP contribution in [-0.4, -0.2) is 48.2 Å². The SMILES string of the molecule is CCCN(Cc1cccn1Cc1ccc(C(=O)NCCOC)o1)C(=O)Nc1ccccc1F. The summed E-state index contributed by atoms with van der Waals surface area (Å²) < 4.78 is 26.5. The van der Waals surface area contributed by atoms with Crippen LogP contribution in [0.3, 0.4) is 0 Å². The fraction of sp³-hybridized carbons (Fsp3) is 0.333. The number of aromatic nitrogens is 1. The molecule has 0 aliphatic heterocycles. The molecule has 2 N–H and O–H groups in total. The van der Waals surface area contributed by atoms with E-state index in [0.717, 1.165) is 12.1 Å². The molecule has 1 aromatic carbocycles. The van der Waals surface area contributed by atoms with Gasteiger partial charge >= 0.3 is 6.03 Å². The maximum Gasteiger partial charge on any atom is 0.322 e. The van der Waals surface area contributed by atoms with E-state index in [1.165, 1.54) is 12.1 Å². The van der Waals surface area contributed by atoms with Crippen molar-refractivity contribution in [1.82, 2.24) is 14.8 Å². The fourth-order valence-corrected chi connectivity index (χ4v) is 3.33. The summed E-state index contributed by atoms with van der Waals surface area (Å²) in [4.78, 5) is 26.6. The Kier molecular flexibility index (Phi) is 8.65. The summed E-state index contributed by atoms with van der Waals surface area (Å²) in [6.45, 7) is 4.05. The van der Waals surface area contributed by atoms with Gasteiger partial charge in [-0.05, 0) is 42.8 Å². The van der Waals surface area contributed by atoms with Crippen LogP contribution in [0.5, 0.6) is 0 Å². The van der Waals surface area contributed by atoms with Gasteiger partial charge in [-0.1, -0.05) is 19.1 Å². The number of amides is 3. The van der Waals surface area contributed by atoms with Crippen molar-refractivity contribution >= 4 is 17.6 Å². The number of carbonyl (C=O) groups excluding carboxylic acids is 2. The average Bonchev–Trinajstić information content (AvgIpc) is 3.45. The number of furan rings is 1.